The third-order valence-electron chi connectivity index (χ3n) is 5.17. The molecular formula is C29H26INO4. The summed E-state index contributed by atoms with van der Waals surface area (Å²) < 4.78 is 18.5. The Bertz CT molecular complexity index is 1270. The van der Waals surface area contributed by atoms with E-state index >= 15 is 0 Å². The average molecular weight is 579 g/mol. The second-order valence-electron chi connectivity index (χ2n) is 7.89. The summed E-state index contributed by atoms with van der Waals surface area (Å²) >= 11 is 2.18. The molecule has 0 saturated carbocycles. The third-order valence-corrected chi connectivity index (χ3v) is 5.97. The van der Waals surface area contributed by atoms with Crippen LogP contribution in [0.1, 0.15) is 28.4 Å². The maximum atomic E-state index is 13.0. The van der Waals surface area contributed by atoms with Crippen molar-refractivity contribution in [3.8, 4) is 23.0 Å². The van der Waals surface area contributed by atoms with Gasteiger partial charge in [-0.15, -0.1) is 0 Å². The maximum Gasteiger partial charge on any atom is 0.255 e. The number of halogens is 1. The molecule has 178 valence electrons. The zero-order valence-corrected chi connectivity index (χ0v) is 21.7. The van der Waals surface area contributed by atoms with E-state index in [1.54, 1.807) is 12.1 Å². The molecule has 1 N–H and O–H groups in total. The maximum absolute atomic E-state index is 13.0. The van der Waals surface area contributed by atoms with E-state index in [1.165, 1.54) is 5.56 Å². The third kappa shape index (κ3) is 6.76. The molecule has 1 amide bonds. The van der Waals surface area contributed by atoms with E-state index in [0.717, 1.165) is 14.9 Å². The minimum absolute atomic E-state index is 0.231. The monoisotopic (exact) mass is 579 g/mol. The number of rotatable bonds is 9. The molecular weight excluding hydrogens is 553 g/mol. The molecule has 4 aromatic carbocycles. The fourth-order valence-corrected chi connectivity index (χ4v) is 4.13. The van der Waals surface area contributed by atoms with Gasteiger partial charge in [-0.2, -0.15) is 0 Å². The number of para-hydroxylation sites is 1. The zero-order chi connectivity index (χ0) is 24.6. The molecule has 0 aliphatic carbocycles. The number of anilines is 1. The highest BCUT2D eigenvalue weighted by atomic mass is 127. The van der Waals surface area contributed by atoms with E-state index in [4.69, 9.17) is 14.2 Å². The molecule has 0 bridgehead atoms. The fourth-order valence-electron chi connectivity index (χ4n) is 3.38. The molecule has 5 nitrogen and oxygen atoms in total. The summed E-state index contributed by atoms with van der Waals surface area (Å²) in [5.41, 5.74) is 3.43. The molecule has 4 rings (SSSR count). The van der Waals surface area contributed by atoms with E-state index in [9.17, 15) is 4.79 Å². The van der Waals surface area contributed by atoms with Crippen LogP contribution in [0.4, 0.5) is 5.69 Å². The molecule has 6 heteroatoms. The Balaban J connectivity index is 1.45. The number of ether oxygens (including phenoxy) is 3. The molecule has 0 unspecified atom stereocenters. The van der Waals surface area contributed by atoms with Crippen LogP contribution < -0.4 is 19.5 Å². The first-order valence-corrected chi connectivity index (χ1v) is 12.4. The average Bonchev–Trinajstić information content (AvgIpc) is 2.86. The molecule has 0 aliphatic heterocycles. The highest BCUT2D eigenvalue weighted by Crippen LogP contribution is 2.35. The summed E-state index contributed by atoms with van der Waals surface area (Å²) in [6, 6.07) is 28.5. The summed E-state index contributed by atoms with van der Waals surface area (Å²) in [5, 5.41) is 2.93. The van der Waals surface area contributed by atoms with Gasteiger partial charge in [0.05, 0.1) is 10.2 Å². The predicted molar refractivity (Wildman–Crippen MR) is 147 cm³/mol. The van der Waals surface area contributed by atoms with Gasteiger partial charge in [-0.1, -0.05) is 48.0 Å². The summed E-state index contributed by atoms with van der Waals surface area (Å²) in [7, 11) is 0. The van der Waals surface area contributed by atoms with Crippen LogP contribution in [0.25, 0.3) is 0 Å². The fraction of sp³-hybridized carbons (Fsp3) is 0.138. The topological polar surface area (TPSA) is 56.8 Å². The predicted octanol–water partition coefficient (Wildman–Crippen LogP) is 7.62. The van der Waals surface area contributed by atoms with Crippen molar-refractivity contribution in [3.63, 3.8) is 0 Å². The van der Waals surface area contributed by atoms with Crippen LogP contribution in [-0.4, -0.2) is 12.5 Å². The van der Waals surface area contributed by atoms with Crippen LogP contribution in [0.2, 0.25) is 0 Å². The van der Waals surface area contributed by atoms with Crippen molar-refractivity contribution in [3.05, 3.63) is 111 Å². The Morgan fingerprint density at radius 2 is 1.54 bits per heavy atom. The van der Waals surface area contributed by atoms with Gasteiger partial charge < -0.3 is 19.5 Å². The smallest absolute Gasteiger partial charge is 0.255 e. The lowest BCUT2D eigenvalue weighted by atomic mass is 10.1. The molecule has 0 fully saturated rings. The lowest BCUT2D eigenvalue weighted by Crippen LogP contribution is -2.13. The Morgan fingerprint density at radius 3 is 2.23 bits per heavy atom. The quantitative estimate of drug-likeness (QED) is 0.207. The normalized spacial score (nSPS) is 10.5. The van der Waals surface area contributed by atoms with Crippen LogP contribution in [0.3, 0.4) is 0 Å². The first-order valence-electron chi connectivity index (χ1n) is 11.3. The van der Waals surface area contributed by atoms with E-state index in [1.807, 2.05) is 73.7 Å². The Hall–Kier alpha value is -3.52. The van der Waals surface area contributed by atoms with Crippen molar-refractivity contribution >= 4 is 34.2 Å². The number of benzene rings is 4. The van der Waals surface area contributed by atoms with Crippen molar-refractivity contribution in [1.82, 2.24) is 0 Å². The zero-order valence-electron chi connectivity index (χ0n) is 19.6. The first kappa shape index (κ1) is 24.6. The lowest BCUT2D eigenvalue weighted by molar-refractivity contribution is 0.102. The van der Waals surface area contributed by atoms with Crippen LogP contribution in [0, 0.1) is 10.5 Å². The number of aryl methyl sites for hydroxylation is 1. The number of amides is 1. The van der Waals surface area contributed by atoms with Gasteiger partial charge in [0.1, 0.15) is 18.1 Å². The largest absolute Gasteiger partial charge is 0.490 e. The highest BCUT2D eigenvalue weighted by molar-refractivity contribution is 14.1. The second kappa shape index (κ2) is 11.8. The van der Waals surface area contributed by atoms with E-state index in [0.29, 0.717) is 41.7 Å². The van der Waals surface area contributed by atoms with Gasteiger partial charge in [0.2, 0.25) is 0 Å². The van der Waals surface area contributed by atoms with Crippen LogP contribution in [0.15, 0.2) is 91.0 Å². The van der Waals surface area contributed by atoms with Crippen LogP contribution in [0.5, 0.6) is 23.0 Å². The van der Waals surface area contributed by atoms with Crippen LogP contribution >= 0.6 is 22.6 Å². The van der Waals surface area contributed by atoms with E-state index in [2.05, 4.69) is 47.0 Å². The lowest BCUT2D eigenvalue weighted by Gasteiger charge is -2.16. The van der Waals surface area contributed by atoms with Gasteiger partial charge >= 0.3 is 0 Å². The van der Waals surface area contributed by atoms with E-state index in [-0.39, 0.29) is 5.91 Å². The Morgan fingerprint density at radius 1 is 0.857 bits per heavy atom. The van der Waals surface area contributed by atoms with Crippen molar-refractivity contribution in [2.75, 3.05) is 11.9 Å². The summed E-state index contributed by atoms with van der Waals surface area (Å²) in [6.45, 7) is 4.84. The molecule has 0 aromatic heterocycles. The van der Waals surface area contributed by atoms with Gasteiger partial charge in [-0.25, -0.2) is 0 Å². The van der Waals surface area contributed by atoms with Gasteiger partial charge in [-0.3, -0.25) is 4.79 Å². The number of hydrogen-bond acceptors (Lipinski definition) is 4. The minimum Gasteiger partial charge on any atom is -0.490 e. The minimum atomic E-state index is -0.231. The second-order valence-corrected chi connectivity index (χ2v) is 9.05. The Kier molecular flexibility index (Phi) is 8.26. The number of carbonyl (C=O) groups is 1. The van der Waals surface area contributed by atoms with Gasteiger partial charge in [0.25, 0.3) is 5.91 Å². The molecule has 0 saturated heterocycles. The molecule has 35 heavy (non-hydrogen) atoms. The highest BCUT2D eigenvalue weighted by Gasteiger charge is 2.17. The van der Waals surface area contributed by atoms with Crippen molar-refractivity contribution in [2.45, 2.75) is 20.5 Å². The Labute approximate surface area is 219 Å². The van der Waals surface area contributed by atoms with Crippen molar-refractivity contribution in [2.24, 2.45) is 0 Å². The molecule has 0 heterocycles. The molecule has 4 aromatic rings. The summed E-state index contributed by atoms with van der Waals surface area (Å²) in [4.78, 5) is 13.0. The van der Waals surface area contributed by atoms with Crippen molar-refractivity contribution in [1.29, 1.82) is 0 Å². The van der Waals surface area contributed by atoms with Gasteiger partial charge in [0, 0.05) is 11.3 Å². The van der Waals surface area contributed by atoms with Gasteiger partial charge in [0.15, 0.2) is 11.5 Å². The van der Waals surface area contributed by atoms with Crippen molar-refractivity contribution < 1.29 is 19.0 Å². The summed E-state index contributed by atoms with van der Waals surface area (Å²) in [6.07, 6.45) is 0. The number of hydrogen-bond donors (Lipinski definition) is 1. The summed E-state index contributed by atoms with van der Waals surface area (Å²) in [5.74, 6) is 2.39. The molecule has 0 radical (unpaired) electrons. The van der Waals surface area contributed by atoms with E-state index < -0.39 is 0 Å². The molecule has 0 spiro atoms. The molecule has 0 aliphatic rings. The number of carbonyl (C=O) groups excluding carboxylic acids is 1. The molecule has 0 atom stereocenters. The first-order chi connectivity index (χ1) is 17.0. The number of nitrogens with one attached hydrogen (secondary N) is 1. The standard InChI is InChI=1S/C29H26INO4/c1-3-33-27-18-22(17-26(30)28(27)34-19-21-11-9-20(2)10-12-21)29(32)31-23-13-15-25(16-14-23)35-24-7-5-4-6-8-24/h4-18H,3,19H2,1-2H3,(H,31,32). The van der Waals surface area contributed by atoms with Gasteiger partial charge in [-0.05, 0) is 90.5 Å². The SMILES string of the molecule is CCOc1cc(C(=O)Nc2ccc(Oc3ccccc3)cc2)cc(I)c1OCc1ccc(C)cc1. The van der Waals surface area contributed by atoms with Crippen LogP contribution in [-0.2, 0) is 6.61 Å².